The van der Waals surface area contributed by atoms with Crippen LogP contribution < -0.4 is 15.8 Å². The average Bonchev–Trinajstić information content (AvgIpc) is 2.67. The highest BCUT2D eigenvalue weighted by atomic mass is 19.4. The molecule has 0 unspecified atom stereocenters. The van der Waals surface area contributed by atoms with Crippen LogP contribution in [-0.4, -0.2) is 28.0 Å². The van der Waals surface area contributed by atoms with E-state index in [2.05, 4.69) is 26.8 Å². The van der Waals surface area contributed by atoms with Gasteiger partial charge in [0.1, 0.15) is 11.2 Å². The first-order valence-electron chi connectivity index (χ1n) is 9.47. The second kappa shape index (κ2) is 7.47. The van der Waals surface area contributed by atoms with E-state index in [0.29, 0.717) is 30.1 Å². The summed E-state index contributed by atoms with van der Waals surface area (Å²) in [6.45, 7) is 6.96. The number of aromatic nitrogens is 3. The number of hydrogen-bond acceptors (Lipinski definition) is 5. The van der Waals surface area contributed by atoms with Crippen LogP contribution in [0.3, 0.4) is 0 Å². The number of pyridine rings is 1. The van der Waals surface area contributed by atoms with Crippen LogP contribution in [0, 0.1) is 6.92 Å². The predicted octanol–water partition coefficient (Wildman–Crippen LogP) is 4.55. The molecule has 2 N–H and O–H groups in total. The highest BCUT2D eigenvalue weighted by Crippen LogP contribution is 2.33. The SMILES string of the molecule is C=C1CCN(c2nc(Nc3cc(C)cc(C(F)(F)F)c3)c3c(=O)[nH]ccc3n2)CC1. The molecule has 1 aromatic carbocycles. The van der Waals surface area contributed by atoms with Gasteiger partial charge in [0.05, 0.1) is 11.1 Å². The van der Waals surface area contributed by atoms with E-state index in [9.17, 15) is 18.0 Å². The minimum absolute atomic E-state index is 0.167. The molecule has 156 valence electrons. The number of hydrogen-bond donors (Lipinski definition) is 2. The maximum absolute atomic E-state index is 13.2. The molecule has 1 aliphatic rings. The summed E-state index contributed by atoms with van der Waals surface area (Å²) in [5.74, 6) is 0.590. The van der Waals surface area contributed by atoms with Crippen molar-refractivity contribution < 1.29 is 13.2 Å². The quantitative estimate of drug-likeness (QED) is 0.614. The van der Waals surface area contributed by atoms with Gasteiger partial charge in [0.25, 0.3) is 5.56 Å². The zero-order chi connectivity index (χ0) is 21.5. The van der Waals surface area contributed by atoms with Gasteiger partial charge in [0.2, 0.25) is 5.95 Å². The van der Waals surface area contributed by atoms with Crippen LogP contribution >= 0.6 is 0 Å². The zero-order valence-corrected chi connectivity index (χ0v) is 16.3. The number of rotatable bonds is 3. The van der Waals surface area contributed by atoms with Gasteiger partial charge in [-0.2, -0.15) is 18.2 Å². The molecule has 0 radical (unpaired) electrons. The van der Waals surface area contributed by atoms with Crippen molar-refractivity contribution in [2.75, 3.05) is 23.3 Å². The second-order valence-electron chi connectivity index (χ2n) is 7.39. The Hall–Kier alpha value is -3.36. The van der Waals surface area contributed by atoms with E-state index in [0.717, 1.165) is 30.5 Å². The second-order valence-corrected chi connectivity index (χ2v) is 7.39. The van der Waals surface area contributed by atoms with E-state index in [4.69, 9.17) is 0 Å². The number of alkyl halides is 3. The first-order valence-corrected chi connectivity index (χ1v) is 9.47. The summed E-state index contributed by atoms with van der Waals surface area (Å²) in [5, 5.41) is 3.11. The van der Waals surface area contributed by atoms with Crippen LogP contribution in [0.15, 0.2) is 47.4 Å². The topological polar surface area (TPSA) is 73.9 Å². The zero-order valence-electron chi connectivity index (χ0n) is 16.3. The third-order valence-electron chi connectivity index (χ3n) is 5.03. The molecule has 4 rings (SSSR count). The highest BCUT2D eigenvalue weighted by Gasteiger charge is 2.31. The number of benzene rings is 1. The average molecular weight is 415 g/mol. The highest BCUT2D eigenvalue weighted by molar-refractivity contribution is 5.91. The van der Waals surface area contributed by atoms with Crippen molar-refractivity contribution in [1.29, 1.82) is 0 Å². The standard InChI is InChI=1S/C21H20F3N5O/c1-12-4-7-29(8-5-12)20-27-16-3-6-25-19(30)17(16)18(28-20)26-15-10-13(2)9-14(11-15)21(22,23)24/h3,6,9-11H,1,4-5,7-8H2,2H3,(H,25,30)(H,26,27,28). The summed E-state index contributed by atoms with van der Waals surface area (Å²) in [4.78, 5) is 26.0. The maximum Gasteiger partial charge on any atom is 0.416 e. The molecule has 0 saturated carbocycles. The van der Waals surface area contributed by atoms with Gasteiger partial charge < -0.3 is 15.2 Å². The third-order valence-corrected chi connectivity index (χ3v) is 5.03. The fraction of sp³-hybridized carbons (Fsp3) is 0.286. The van der Waals surface area contributed by atoms with Crippen molar-refractivity contribution in [3.05, 3.63) is 64.1 Å². The van der Waals surface area contributed by atoms with E-state index in [1.54, 1.807) is 19.1 Å². The lowest BCUT2D eigenvalue weighted by Gasteiger charge is -2.28. The first kappa shape index (κ1) is 19.9. The monoisotopic (exact) mass is 415 g/mol. The van der Waals surface area contributed by atoms with Gasteiger partial charge in [-0.1, -0.05) is 12.2 Å². The molecule has 3 heterocycles. The van der Waals surface area contributed by atoms with Gasteiger partial charge in [-0.25, -0.2) is 4.98 Å². The lowest BCUT2D eigenvalue weighted by atomic mass is 10.1. The lowest BCUT2D eigenvalue weighted by Crippen LogP contribution is -2.32. The minimum atomic E-state index is -4.48. The molecular formula is C21H20F3N5O. The Bertz CT molecular complexity index is 1180. The Morgan fingerprint density at radius 2 is 1.90 bits per heavy atom. The van der Waals surface area contributed by atoms with Crippen LogP contribution in [0.2, 0.25) is 0 Å². The van der Waals surface area contributed by atoms with E-state index >= 15 is 0 Å². The van der Waals surface area contributed by atoms with Crippen molar-refractivity contribution in [2.24, 2.45) is 0 Å². The van der Waals surface area contributed by atoms with Crippen LogP contribution in [0.25, 0.3) is 10.9 Å². The smallest absolute Gasteiger partial charge is 0.340 e. The third kappa shape index (κ3) is 4.00. The molecule has 1 fully saturated rings. The van der Waals surface area contributed by atoms with Crippen molar-refractivity contribution >= 4 is 28.4 Å². The number of H-pyrrole nitrogens is 1. The fourth-order valence-electron chi connectivity index (χ4n) is 3.49. The van der Waals surface area contributed by atoms with Crippen LogP contribution in [0.4, 0.5) is 30.6 Å². The summed E-state index contributed by atoms with van der Waals surface area (Å²) in [6.07, 6.45) is -1.37. The number of nitrogens with one attached hydrogen (secondary N) is 2. The normalized spacial score (nSPS) is 14.9. The Morgan fingerprint density at radius 3 is 2.60 bits per heavy atom. The van der Waals surface area contributed by atoms with E-state index < -0.39 is 17.3 Å². The molecule has 6 nitrogen and oxygen atoms in total. The Labute approximate surface area is 170 Å². The number of piperidine rings is 1. The molecule has 0 atom stereocenters. The van der Waals surface area contributed by atoms with Gasteiger partial charge in [-0.15, -0.1) is 0 Å². The molecule has 30 heavy (non-hydrogen) atoms. The first-order chi connectivity index (χ1) is 14.2. The molecule has 2 aromatic heterocycles. The van der Waals surface area contributed by atoms with Crippen molar-refractivity contribution in [1.82, 2.24) is 15.0 Å². The number of aromatic amines is 1. The van der Waals surface area contributed by atoms with Gasteiger partial charge in [-0.3, -0.25) is 4.79 Å². The number of anilines is 3. The van der Waals surface area contributed by atoms with Gasteiger partial charge in [-0.05, 0) is 49.6 Å². The molecule has 3 aromatic rings. The molecule has 0 spiro atoms. The fourth-order valence-corrected chi connectivity index (χ4v) is 3.49. The maximum atomic E-state index is 13.2. The van der Waals surface area contributed by atoms with Crippen molar-refractivity contribution in [3.63, 3.8) is 0 Å². The summed E-state index contributed by atoms with van der Waals surface area (Å²) < 4.78 is 39.7. The molecule has 0 aliphatic carbocycles. The minimum Gasteiger partial charge on any atom is -0.340 e. The molecule has 0 bridgehead atoms. The summed E-state index contributed by atoms with van der Waals surface area (Å²) >= 11 is 0. The number of halogens is 3. The Balaban J connectivity index is 1.81. The van der Waals surface area contributed by atoms with Crippen molar-refractivity contribution in [3.8, 4) is 0 Å². The summed E-state index contributed by atoms with van der Waals surface area (Å²) in [5.41, 5.74) is 1.02. The van der Waals surface area contributed by atoms with E-state index in [-0.39, 0.29) is 16.9 Å². The van der Waals surface area contributed by atoms with E-state index in [1.165, 1.54) is 6.20 Å². The van der Waals surface area contributed by atoms with Gasteiger partial charge >= 0.3 is 6.18 Å². The molecular weight excluding hydrogens is 395 g/mol. The summed E-state index contributed by atoms with van der Waals surface area (Å²) in [6, 6.07) is 5.29. The number of nitrogens with zero attached hydrogens (tertiary/aromatic N) is 3. The molecule has 1 aliphatic heterocycles. The summed E-state index contributed by atoms with van der Waals surface area (Å²) in [7, 11) is 0. The molecule has 1 saturated heterocycles. The lowest BCUT2D eigenvalue weighted by molar-refractivity contribution is -0.137. The molecule has 0 amide bonds. The van der Waals surface area contributed by atoms with Crippen molar-refractivity contribution in [2.45, 2.75) is 25.9 Å². The van der Waals surface area contributed by atoms with Crippen LogP contribution in [-0.2, 0) is 6.18 Å². The number of fused-ring (bicyclic) bond motifs is 1. The number of aryl methyl sites for hydroxylation is 1. The van der Waals surface area contributed by atoms with Gasteiger partial charge in [0, 0.05) is 25.0 Å². The largest absolute Gasteiger partial charge is 0.416 e. The van der Waals surface area contributed by atoms with Crippen LogP contribution in [0.5, 0.6) is 0 Å². The predicted molar refractivity (Wildman–Crippen MR) is 110 cm³/mol. The van der Waals surface area contributed by atoms with E-state index in [1.807, 2.05) is 4.90 Å². The van der Waals surface area contributed by atoms with Gasteiger partial charge in [0.15, 0.2) is 0 Å². The van der Waals surface area contributed by atoms with Crippen LogP contribution in [0.1, 0.15) is 24.0 Å². The molecule has 9 heteroatoms. The Kier molecular flexibility index (Phi) is 4.97. The Morgan fingerprint density at radius 1 is 1.17 bits per heavy atom.